The van der Waals surface area contributed by atoms with E-state index in [-0.39, 0.29) is 0 Å². The van der Waals surface area contributed by atoms with Gasteiger partial charge in [0, 0.05) is 11.0 Å². The van der Waals surface area contributed by atoms with Crippen molar-refractivity contribution in [2.24, 2.45) is 0 Å². The van der Waals surface area contributed by atoms with Crippen LogP contribution in [-0.2, 0) is 4.79 Å². The number of hydrogen-bond acceptors (Lipinski definition) is 2. The average Bonchev–Trinajstić information content (AvgIpc) is 2.17. The predicted molar refractivity (Wildman–Crippen MR) is 59.5 cm³/mol. The maximum atomic E-state index is 10.4. The van der Waals surface area contributed by atoms with Crippen LogP contribution >= 0.6 is 11.8 Å². The summed E-state index contributed by atoms with van der Waals surface area (Å²) in [5.41, 5.74) is 1.72. The summed E-state index contributed by atoms with van der Waals surface area (Å²) in [4.78, 5) is 11.6. The van der Waals surface area contributed by atoms with Gasteiger partial charge in [0.2, 0.25) is 0 Å². The van der Waals surface area contributed by atoms with E-state index >= 15 is 0 Å². The molecular formula is C11H12O2S. The summed E-state index contributed by atoms with van der Waals surface area (Å²) in [7, 11) is 0. The number of carboxylic acid groups (broad SMARTS) is 1. The summed E-state index contributed by atoms with van der Waals surface area (Å²) in [6, 6.07) is 7.83. The van der Waals surface area contributed by atoms with Crippen LogP contribution in [0.15, 0.2) is 35.2 Å². The van der Waals surface area contributed by atoms with Crippen molar-refractivity contribution in [3.8, 4) is 0 Å². The maximum absolute atomic E-state index is 10.4. The Bertz CT molecular complexity index is 352. The molecule has 0 saturated carbocycles. The van der Waals surface area contributed by atoms with Gasteiger partial charge in [-0.1, -0.05) is 12.1 Å². The zero-order valence-electron chi connectivity index (χ0n) is 8.15. The molecule has 0 heterocycles. The zero-order valence-corrected chi connectivity index (χ0v) is 8.97. The normalized spacial score (nSPS) is 11.4. The summed E-state index contributed by atoms with van der Waals surface area (Å²) >= 11 is 1.67. The topological polar surface area (TPSA) is 37.3 Å². The van der Waals surface area contributed by atoms with E-state index < -0.39 is 5.97 Å². The molecule has 3 heteroatoms. The number of carboxylic acids is 1. The average molecular weight is 208 g/mol. The standard InChI is InChI=1S/C11H12O2S/c1-8(7-11(12)13)9-3-5-10(14-2)6-4-9/h3-7H,1-2H3,(H,12,13). The Morgan fingerprint density at radius 2 is 1.93 bits per heavy atom. The Hall–Kier alpha value is -1.22. The molecule has 0 atom stereocenters. The van der Waals surface area contributed by atoms with E-state index in [1.807, 2.05) is 30.5 Å². The number of carbonyl (C=O) groups is 1. The highest BCUT2D eigenvalue weighted by atomic mass is 32.2. The lowest BCUT2D eigenvalue weighted by Crippen LogP contribution is -1.89. The predicted octanol–water partition coefficient (Wildman–Crippen LogP) is 2.90. The van der Waals surface area contributed by atoms with Gasteiger partial charge in [-0.3, -0.25) is 0 Å². The summed E-state index contributed by atoms with van der Waals surface area (Å²) in [6.07, 6.45) is 3.23. The van der Waals surface area contributed by atoms with Crippen molar-refractivity contribution in [3.63, 3.8) is 0 Å². The highest BCUT2D eigenvalue weighted by molar-refractivity contribution is 7.98. The van der Waals surface area contributed by atoms with Crippen LogP contribution in [0.2, 0.25) is 0 Å². The van der Waals surface area contributed by atoms with E-state index in [0.717, 1.165) is 11.1 Å². The highest BCUT2D eigenvalue weighted by Gasteiger charge is 1.98. The fourth-order valence-corrected chi connectivity index (χ4v) is 1.53. The Morgan fingerprint density at radius 1 is 1.36 bits per heavy atom. The molecule has 1 N–H and O–H groups in total. The first-order valence-electron chi connectivity index (χ1n) is 4.19. The molecule has 14 heavy (non-hydrogen) atoms. The molecule has 1 aromatic rings. The fraction of sp³-hybridized carbons (Fsp3) is 0.182. The van der Waals surface area contributed by atoms with E-state index in [1.165, 1.54) is 11.0 Å². The number of benzene rings is 1. The molecule has 0 aromatic heterocycles. The first kappa shape index (κ1) is 10.9. The molecule has 0 aliphatic heterocycles. The second kappa shape index (κ2) is 4.86. The molecule has 0 saturated heterocycles. The van der Waals surface area contributed by atoms with E-state index in [2.05, 4.69) is 0 Å². The lowest BCUT2D eigenvalue weighted by atomic mass is 10.1. The summed E-state index contributed by atoms with van der Waals surface area (Å²) in [6.45, 7) is 1.79. The van der Waals surface area contributed by atoms with Crippen molar-refractivity contribution in [2.45, 2.75) is 11.8 Å². The molecular weight excluding hydrogens is 196 g/mol. The largest absolute Gasteiger partial charge is 0.478 e. The molecule has 0 aliphatic carbocycles. The maximum Gasteiger partial charge on any atom is 0.328 e. The number of hydrogen-bond donors (Lipinski definition) is 1. The Kier molecular flexibility index (Phi) is 3.77. The van der Waals surface area contributed by atoms with Gasteiger partial charge in [0.25, 0.3) is 0 Å². The first-order valence-corrected chi connectivity index (χ1v) is 5.41. The van der Waals surface area contributed by atoms with Crippen LogP contribution in [-0.4, -0.2) is 17.3 Å². The lowest BCUT2D eigenvalue weighted by Gasteiger charge is -2.01. The van der Waals surface area contributed by atoms with Crippen molar-refractivity contribution < 1.29 is 9.90 Å². The summed E-state index contributed by atoms with van der Waals surface area (Å²) < 4.78 is 0. The highest BCUT2D eigenvalue weighted by Crippen LogP contribution is 2.19. The SMILES string of the molecule is CSc1ccc(C(C)=CC(=O)O)cc1. The van der Waals surface area contributed by atoms with Crippen LogP contribution in [0.5, 0.6) is 0 Å². The first-order chi connectivity index (χ1) is 6.63. The van der Waals surface area contributed by atoms with Gasteiger partial charge in [0.05, 0.1) is 0 Å². The molecule has 0 unspecified atom stereocenters. The van der Waals surface area contributed by atoms with E-state index in [9.17, 15) is 4.79 Å². The van der Waals surface area contributed by atoms with Crippen LogP contribution in [0.25, 0.3) is 5.57 Å². The van der Waals surface area contributed by atoms with Crippen LogP contribution in [0.3, 0.4) is 0 Å². The molecule has 0 spiro atoms. The number of allylic oxidation sites excluding steroid dienone is 1. The minimum atomic E-state index is -0.906. The fourth-order valence-electron chi connectivity index (χ4n) is 1.12. The van der Waals surface area contributed by atoms with Gasteiger partial charge in [0.15, 0.2) is 0 Å². The smallest absolute Gasteiger partial charge is 0.328 e. The van der Waals surface area contributed by atoms with Crippen molar-refractivity contribution in [1.29, 1.82) is 0 Å². The Labute approximate surface area is 87.6 Å². The molecule has 2 nitrogen and oxygen atoms in total. The van der Waals surface area contributed by atoms with Gasteiger partial charge in [0.1, 0.15) is 0 Å². The van der Waals surface area contributed by atoms with Crippen molar-refractivity contribution in [1.82, 2.24) is 0 Å². The van der Waals surface area contributed by atoms with Crippen LogP contribution in [0.1, 0.15) is 12.5 Å². The second-order valence-electron chi connectivity index (χ2n) is 2.89. The quantitative estimate of drug-likeness (QED) is 0.613. The van der Waals surface area contributed by atoms with Gasteiger partial charge in [-0.15, -0.1) is 11.8 Å². The minimum Gasteiger partial charge on any atom is -0.478 e. The molecule has 1 rings (SSSR count). The molecule has 0 amide bonds. The summed E-state index contributed by atoms with van der Waals surface area (Å²) in [5.74, 6) is -0.906. The molecule has 1 aromatic carbocycles. The molecule has 0 fully saturated rings. The van der Waals surface area contributed by atoms with Gasteiger partial charge in [-0.25, -0.2) is 4.79 Å². The third kappa shape index (κ3) is 2.92. The second-order valence-corrected chi connectivity index (χ2v) is 3.77. The van der Waals surface area contributed by atoms with E-state index in [1.54, 1.807) is 18.7 Å². The number of thioether (sulfide) groups is 1. The third-order valence-corrected chi connectivity index (χ3v) is 2.63. The van der Waals surface area contributed by atoms with Crippen molar-refractivity contribution in [3.05, 3.63) is 35.9 Å². The Balaban J connectivity index is 2.92. The van der Waals surface area contributed by atoms with Crippen molar-refractivity contribution >= 4 is 23.3 Å². The molecule has 0 bridgehead atoms. The molecule has 0 aliphatic rings. The van der Waals surface area contributed by atoms with Gasteiger partial charge >= 0.3 is 5.97 Å². The zero-order chi connectivity index (χ0) is 10.6. The van der Waals surface area contributed by atoms with E-state index in [4.69, 9.17) is 5.11 Å². The molecule has 74 valence electrons. The number of aliphatic carboxylic acids is 1. The third-order valence-electron chi connectivity index (χ3n) is 1.89. The van der Waals surface area contributed by atoms with Crippen LogP contribution < -0.4 is 0 Å². The van der Waals surface area contributed by atoms with Crippen LogP contribution in [0.4, 0.5) is 0 Å². The lowest BCUT2D eigenvalue weighted by molar-refractivity contribution is -0.131. The monoisotopic (exact) mass is 208 g/mol. The number of rotatable bonds is 3. The summed E-state index contributed by atoms with van der Waals surface area (Å²) in [5, 5.41) is 8.57. The van der Waals surface area contributed by atoms with Gasteiger partial charge < -0.3 is 5.11 Å². The minimum absolute atomic E-state index is 0.769. The molecule has 0 radical (unpaired) electrons. The van der Waals surface area contributed by atoms with Crippen molar-refractivity contribution in [2.75, 3.05) is 6.26 Å². The van der Waals surface area contributed by atoms with E-state index in [0.29, 0.717) is 0 Å². The van der Waals surface area contributed by atoms with Gasteiger partial charge in [-0.05, 0) is 36.4 Å². The van der Waals surface area contributed by atoms with Crippen LogP contribution in [0, 0.1) is 0 Å². The Morgan fingerprint density at radius 3 is 2.36 bits per heavy atom. The van der Waals surface area contributed by atoms with Gasteiger partial charge in [-0.2, -0.15) is 0 Å².